The Morgan fingerprint density at radius 3 is 2.57 bits per heavy atom. The lowest BCUT2D eigenvalue weighted by Gasteiger charge is -2.12. The van der Waals surface area contributed by atoms with Gasteiger partial charge in [-0.1, -0.05) is 42.0 Å². The largest absolute Gasteiger partial charge is 0.478 e. The van der Waals surface area contributed by atoms with Crippen LogP contribution < -0.4 is 0 Å². The fourth-order valence-corrected chi connectivity index (χ4v) is 2.58. The van der Waals surface area contributed by atoms with Crippen molar-refractivity contribution in [3.8, 4) is 0 Å². The maximum Gasteiger partial charge on any atom is 0.328 e. The number of aliphatic carboxylic acids is 1. The number of carbonyl (C=O) groups is 1. The molecule has 0 aromatic heterocycles. The Hall–Kier alpha value is -2.68. The Morgan fingerprint density at radius 2 is 1.81 bits per heavy atom. The zero-order chi connectivity index (χ0) is 15.0. The summed E-state index contributed by atoms with van der Waals surface area (Å²) in [6.45, 7) is 1.98. The van der Waals surface area contributed by atoms with Crippen LogP contribution in [0.1, 0.15) is 27.8 Å². The third-order valence-corrected chi connectivity index (χ3v) is 3.51. The topological polar surface area (TPSA) is 37.3 Å². The van der Waals surface area contributed by atoms with Gasteiger partial charge in [-0.25, -0.2) is 9.18 Å². The van der Waals surface area contributed by atoms with Gasteiger partial charge in [0.15, 0.2) is 0 Å². The molecule has 0 amide bonds. The van der Waals surface area contributed by atoms with E-state index in [2.05, 4.69) is 0 Å². The lowest BCUT2D eigenvalue weighted by molar-refractivity contribution is -0.131. The van der Waals surface area contributed by atoms with Gasteiger partial charge in [0.2, 0.25) is 0 Å². The second kappa shape index (κ2) is 5.02. The van der Waals surface area contributed by atoms with Gasteiger partial charge in [0.25, 0.3) is 0 Å². The van der Waals surface area contributed by atoms with Crippen LogP contribution >= 0.6 is 0 Å². The van der Waals surface area contributed by atoms with Crippen LogP contribution in [0.4, 0.5) is 4.39 Å². The van der Waals surface area contributed by atoms with Gasteiger partial charge in [-0.3, -0.25) is 0 Å². The number of carboxylic acids is 1. The lowest BCUT2D eigenvalue weighted by Crippen LogP contribution is -1.98. The maximum atomic E-state index is 13.6. The van der Waals surface area contributed by atoms with Crippen LogP contribution in [0.2, 0.25) is 0 Å². The minimum atomic E-state index is -1.05. The van der Waals surface area contributed by atoms with Crippen molar-refractivity contribution >= 4 is 23.7 Å². The van der Waals surface area contributed by atoms with E-state index in [1.807, 2.05) is 37.3 Å². The van der Waals surface area contributed by atoms with Crippen LogP contribution in [0.25, 0.3) is 17.7 Å². The van der Waals surface area contributed by atoms with Gasteiger partial charge in [-0.2, -0.15) is 0 Å². The number of halogens is 1. The van der Waals surface area contributed by atoms with E-state index in [0.717, 1.165) is 28.3 Å². The van der Waals surface area contributed by atoms with Gasteiger partial charge < -0.3 is 5.11 Å². The number of rotatable bonds is 1. The van der Waals surface area contributed by atoms with Gasteiger partial charge >= 0.3 is 5.97 Å². The van der Waals surface area contributed by atoms with E-state index in [1.165, 1.54) is 12.1 Å². The summed E-state index contributed by atoms with van der Waals surface area (Å²) in [5, 5.41) is 9.14. The van der Waals surface area contributed by atoms with Gasteiger partial charge in [-0.15, -0.1) is 0 Å². The standard InChI is InChI=1S/C18H13FO2/c1-11-2-7-15-13(8-11)4-3-12-5-6-14(19)9-16(12)17(15)10-18(20)21/h2-10H,1H3,(H,20,21). The maximum absolute atomic E-state index is 13.6. The number of fused-ring (bicyclic) bond motifs is 2. The summed E-state index contributed by atoms with van der Waals surface area (Å²) in [5.41, 5.74) is 4.74. The zero-order valence-electron chi connectivity index (χ0n) is 11.4. The number of carboxylic acid groups (broad SMARTS) is 1. The number of hydrogen-bond donors (Lipinski definition) is 1. The Kier molecular flexibility index (Phi) is 3.18. The molecule has 0 radical (unpaired) electrons. The molecule has 104 valence electrons. The quantitative estimate of drug-likeness (QED) is 0.680. The Balaban J connectivity index is 2.34. The Labute approximate surface area is 121 Å². The molecule has 2 aromatic rings. The third-order valence-electron chi connectivity index (χ3n) is 3.51. The molecule has 21 heavy (non-hydrogen) atoms. The molecule has 0 saturated carbocycles. The second-order valence-electron chi connectivity index (χ2n) is 5.05. The lowest BCUT2D eigenvalue weighted by atomic mass is 9.92. The van der Waals surface area contributed by atoms with E-state index >= 15 is 0 Å². The number of hydrogen-bond acceptors (Lipinski definition) is 1. The van der Waals surface area contributed by atoms with Gasteiger partial charge in [0, 0.05) is 6.08 Å². The molecule has 0 aliphatic heterocycles. The fourth-order valence-electron chi connectivity index (χ4n) is 2.58. The highest BCUT2D eigenvalue weighted by molar-refractivity contribution is 6.01. The summed E-state index contributed by atoms with van der Waals surface area (Å²) in [4.78, 5) is 11.2. The van der Waals surface area contributed by atoms with Crippen LogP contribution in [0.5, 0.6) is 0 Å². The summed E-state index contributed by atoms with van der Waals surface area (Å²) in [5.74, 6) is -1.43. The molecular weight excluding hydrogens is 267 g/mol. The molecule has 1 aliphatic rings. The highest BCUT2D eigenvalue weighted by Gasteiger charge is 2.17. The zero-order valence-corrected chi connectivity index (χ0v) is 11.4. The molecular formula is C18H13FO2. The van der Waals surface area contributed by atoms with Crippen molar-refractivity contribution < 1.29 is 14.3 Å². The van der Waals surface area contributed by atoms with Crippen molar-refractivity contribution in [1.29, 1.82) is 0 Å². The van der Waals surface area contributed by atoms with E-state index in [1.54, 1.807) is 6.07 Å². The van der Waals surface area contributed by atoms with Crippen molar-refractivity contribution in [1.82, 2.24) is 0 Å². The molecule has 1 aliphatic carbocycles. The van der Waals surface area contributed by atoms with Crippen LogP contribution in [0.15, 0.2) is 42.5 Å². The van der Waals surface area contributed by atoms with E-state index in [4.69, 9.17) is 5.11 Å². The molecule has 0 atom stereocenters. The third kappa shape index (κ3) is 2.50. The summed E-state index contributed by atoms with van der Waals surface area (Å²) in [6.07, 6.45) is 4.96. The molecule has 0 spiro atoms. The molecule has 3 heteroatoms. The number of aryl methyl sites for hydroxylation is 1. The van der Waals surface area contributed by atoms with Crippen molar-refractivity contribution in [3.05, 3.63) is 76.1 Å². The summed E-state index contributed by atoms with van der Waals surface area (Å²) >= 11 is 0. The molecule has 0 saturated heterocycles. The Bertz CT molecular complexity index is 801. The predicted molar refractivity (Wildman–Crippen MR) is 81.2 cm³/mol. The highest BCUT2D eigenvalue weighted by Crippen LogP contribution is 2.34. The molecule has 2 nitrogen and oxygen atoms in total. The molecule has 1 N–H and O–H groups in total. The summed E-state index contributed by atoms with van der Waals surface area (Å²) < 4.78 is 13.6. The molecule has 0 heterocycles. The first-order valence-corrected chi connectivity index (χ1v) is 6.58. The fraction of sp³-hybridized carbons (Fsp3) is 0.0556. The van der Waals surface area contributed by atoms with Gasteiger partial charge in [0.1, 0.15) is 5.82 Å². The SMILES string of the molecule is Cc1ccc2c(c1)C=Cc1ccc(F)cc1C2=CC(=O)O. The van der Waals surface area contributed by atoms with Crippen molar-refractivity contribution in [2.24, 2.45) is 0 Å². The second-order valence-corrected chi connectivity index (χ2v) is 5.05. The number of benzene rings is 2. The first kappa shape index (κ1) is 13.3. The van der Waals surface area contributed by atoms with Crippen LogP contribution in [-0.2, 0) is 4.79 Å². The summed E-state index contributed by atoms with van der Waals surface area (Å²) in [6, 6.07) is 10.2. The Morgan fingerprint density at radius 1 is 1.05 bits per heavy atom. The van der Waals surface area contributed by atoms with Crippen LogP contribution in [0.3, 0.4) is 0 Å². The summed E-state index contributed by atoms with van der Waals surface area (Å²) in [7, 11) is 0. The van der Waals surface area contributed by atoms with E-state index in [0.29, 0.717) is 11.1 Å². The van der Waals surface area contributed by atoms with Gasteiger partial charge in [-0.05, 0) is 46.9 Å². The van der Waals surface area contributed by atoms with Crippen molar-refractivity contribution in [3.63, 3.8) is 0 Å². The minimum Gasteiger partial charge on any atom is -0.478 e. The minimum absolute atomic E-state index is 0.381. The average molecular weight is 280 g/mol. The van der Waals surface area contributed by atoms with Crippen LogP contribution in [0, 0.1) is 12.7 Å². The van der Waals surface area contributed by atoms with Crippen molar-refractivity contribution in [2.45, 2.75) is 6.92 Å². The molecule has 0 bridgehead atoms. The molecule has 3 rings (SSSR count). The van der Waals surface area contributed by atoms with Crippen LogP contribution in [-0.4, -0.2) is 11.1 Å². The van der Waals surface area contributed by atoms with Crippen molar-refractivity contribution in [2.75, 3.05) is 0 Å². The first-order valence-electron chi connectivity index (χ1n) is 6.58. The molecule has 0 fully saturated rings. The average Bonchev–Trinajstić information content (AvgIpc) is 2.56. The highest BCUT2D eigenvalue weighted by atomic mass is 19.1. The normalized spacial score (nSPS) is 14.5. The molecule has 0 unspecified atom stereocenters. The predicted octanol–water partition coefficient (Wildman–Crippen LogP) is 4.13. The molecule has 2 aromatic carbocycles. The first-order chi connectivity index (χ1) is 10.0. The smallest absolute Gasteiger partial charge is 0.328 e. The van der Waals surface area contributed by atoms with E-state index in [9.17, 15) is 9.18 Å². The van der Waals surface area contributed by atoms with E-state index < -0.39 is 5.97 Å². The monoisotopic (exact) mass is 280 g/mol. The van der Waals surface area contributed by atoms with Gasteiger partial charge in [0.05, 0.1) is 0 Å². The van der Waals surface area contributed by atoms with E-state index in [-0.39, 0.29) is 5.82 Å².